The predicted molar refractivity (Wildman–Crippen MR) is 44.2 cm³/mol. The van der Waals surface area contributed by atoms with Gasteiger partial charge in [-0.25, -0.2) is 4.79 Å². The van der Waals surface area contributed by atoms with Crippen LogP contribution < -0.4 is 5.32 Å². The average Bonchev–Trinajstić information content (AvgIpc) is 2.47. The summed E-state index contributed by atoms with van der Waals surface area (Å²) in [5, 5.41) is 11.2. The Labute approximate surface area is 76.1 Å². The SMILES string of the molecule is CC(OCC1CCC(=O)N1)C(=O)O. The molecule has 0 spiro atoms. The van der Waals surface area contributed by atoms with Crippen LogP contribution in [0.1, 0.15) is 19.8 Å². The van der Waals surface area contributed by atoms with Gasteiger partial charge >= 0.3 is 5.97 Å². The molecule has 0 saturated carbocycles. The van der Waals surface area contributed by atoms with E-state index in [4.69, 9.17) is 9.84 Å². The molecule has 1 saturated heterocycles. The van der Waals surface area contributed by atoms with Gasteiger partial charge in [-0.3, -0.25) is 4.79 Å². The molecule has 1 amide bonds. The maximum atomic E-state index is 10.7. The van der Waals surface area contributed by atoms with Crippen LogP contribution in [0.3, 0.4) is 0 Å². The summed E-state index contributed by atoms with van der Waals surface area (Å²) in [7, 11) is 0. The Balaban J connectivity index is 2.19. The summed E-state index contributed by atoms with van der Waals surface area (Å²) in [5.41, 5.74) is 0. The standard InChI is InChI=1S/C8H13NO4/c1-5(8(11)12)13-4-6-2-3-7(10)9-6/h5-6H,2-4H2,1H3,(H,9,10)(H,11,12). The number of carboxylic acids is 1. The summed E-state index contributed by atoms with van der Waals surface area (Å²) in [6.07, 6.45) is 0.429. The molecule has 2 unspecified atom stereocenters. The number of hydrogen-bond donors (Lipinski definition) is 2. The highest BCUT2D eigenvalue weighted by Crippen LogP contribution is 2.07. The van der Waals surface area contributed by atoms with Gasteiger partial charge in [0, 0.05) is 6.42 Å². The molecule has 1 fully saturated rings. The van der Waals surface area contributed by atoms with E-state index in [1.807, 2.05) is 0 Å². The third-order valence-electron chi connectivity index (χ3n) is 1.98. The number of rotatable bonds is 4. The molecule has 0 aliphatic carbocycles. The van der Waals surface area contributed by atoms with Gasteiger partial charge < -0.3 is 15.2 Å². The number of hydrogen-bond acceptors (Lipinski definition) is 3. The highest BCUT2D eigenvalue weighted by Gasteiger charge is 2.22. The van der Waals surface area contributed by atoms with E-state index in [0.29, 0.717) is 6.42 Å². The number of amides is 1. The van der Waals surface area contributed by atoms with Crippen LogP contribution in [0.4, 0.5) is 0 Å². The van der Waals surface area contributed by atoms with E-state index in [1.54, 1.807) is 0 Å². The van der Waals surface area contributed by atoms with E-state index >= 15 is 0 Å². The molecule has 1 aliphatic heterocycles. The second-order valence-corrected chi connectivity index (χ2v) is 3.12. The van der Waals surface area contributed by atoms with Crippen molar-refractivity contribution in [3.05, 3.63) is 0 Å². The number of aliphatic carboxylic acids is 1. The zero-order valence-electron chi connectivity index (χ0n) is 7.45. The van der Waals surface area contributed by atoms with Crippen molar-refractivity contribution < 1.29 is 19.4 Å². The summed E-state index contributed by atoms with van der Waals surface area (Å²) < 4.78 is 5.02. The molecule has 13 heavy (non-hydrogen) atoms. The van der Waals surface area contributed by atoms with Crippen molar-refractivity contribution in [2.75, 3.05) is 6.61 Å². The molecular formula is C8H13NO4. The van der Waals surface area contributed by atoms with Crippen molar-refractivity contribution in [1.82, 2.24) is 5.32 Å². The summed E-state index contributed by atoms with van der Waals surface area (Å²) in [4.78, 5) is 21.1. The zero-order valence-corrected chi connectivity index (χ0v) is 7.45. The maximum absolute atomic E-state index is 10.7. The van der Waals surface area contributed by atoms with Gasteiger partial charge in [0.1, 0.15) is 0 Å². The third kappa shape index (κ3) is 3.02. The molecule has 5 heteroatoms. The van der Waals surface area contributed by atoms with Crippen LogP contribution >= 0.6 is 0 Å². The highest BCUT2D eigenvalue weighted by molar-refractivity contribution is 5.78. The summed E-state index contributed by atoms with van der Waals surface area (Å²) in [6.45, 7) is 1.75. The van der Waals surface area contributed by atoms with Crippen molar-refractivity contribution >= 4 is 11.9 Å². The molecule has 2 N–H and O–H groups in total. The lowest BCUT2D eigenvalue weighted by molar-refractivity contribution is -0.149. The molecule has 5 nitrogen and oxygen atoms in total. The fraction of sp³-hybridized carbons (Fsp3) is 0.750. The van der Waals surface area contributed by atoms with Crippen LogP contribution in [0.5, 0.6) is 0 Å². The molecule has 1 rings (SSSR count). The van der Waals surface area contributed by atoms with Crippen molar-refractivity contribution in [1.29, 1.82) is 0 Å². The predicted octanol–water partition coefficient (Wildman–Crippen LogP) is -0.245. The van der Waals surface area contributed by atoms with Crippen LogP contribution in [0.15, 0.2) is 0 Å². The summed E-state index contributed by atoms with van der Waals surface area (Å²) >= 11 is 0. The first-order valence-corrected chi connectivity index (χ1v) is 4.23. The smallest absolute Gasteiger partial charge is 0.332 e. The minimum atomic E-state index is -0.982. The van der Waals surface area contributed by atoms with E-state index in [9.17, 15) is 9.59 Å². The first-order chi connectivity index (χ1) is 6.09. The van der Waals surface area contributed by atoms with E-state index in [-0.39, 0.29) is 18.6 Å². The molecule has 2 atom stereocenters. The van der Waals surface area contributed by atoms with Crippen molar-refractivity contribution in [2.45, 2.75) is 31.9 Å². The molecule has 0 bridgehead atoms. The molecule has 74 valence electrons. The number of ether oxygens (including phenoxy) is 1. The Hall–Kier alpha value is -1.10. The van der Waals surface area contributed by atoms with Gasteiger partial charge in [0.05, 0.1) is 12.6 Å². The Bertz CT molecular complexity index is 216. The fourth-order valence-electron chi connectivity index (χ4n) is 1.13. The normalized spacial score (nSPS) is 24.1. The fourth-order valence-corrected chi connectivity index (χ4v) is 1.13. The van der Waals surface area contributed by atoms with Crippen LogP contribution in [0.2, 0.25) is 0 Å². The Morgan fingerprint density at radius 2 is 2.54 bits per heavy atom. The van der Waals surface area contributed by atoms with Gasteiger partial charge in [-0.1, -0.05) is 0 Å². The lowest BCUT2D eigenvalue weighted by Gasteiger charge is -2.12. The van der Waals surface area contributed by atoms with E-state index in [2.05, 4.69) is 5.32 Å². The van der Waals surface area contributed by atoms with Gasteiger partial charge in [0.25, 0.3) is 0 Å². The molecule has 0 radical (unpaired) electrons. The molecule has 0 aromatic heterocycles. The van der Waals surface area contributed by atoms with E-state index < -0.39 is 12.1 Å². The average molecular weight is 187 g/mol. The van der Waals surface area contributed by atoms with Gasteiger partial charge in [-0.15, -0.1) is 0 Å². The summed E-state index contributed by atoms with van der Waals surface area (Å²) in [6, 6.07) is -0.0192. The molecule has 1 heterocycles. The number of carbonyl (C=O) groups excluding carboxylic acids is 1. The topological polar surface area (TPSA) is 75.6 Å². The minimum Gasteiger partial charge on any atom is -0.479 e. The van der Waals surface area contributed by atoms with Crippen LogP contribution in [-0.2, 0) is 14.3 Å². The van der Waals surface area contributed by atoms with E-state index in [1.165, 1.54) is 6.92 Å². The number of carboxylic acid groups (broad SMARTS) is 1. The Morgan fingerprint density at radius 1 is 1.85 bits per heavy atom. The van der Waals surface area contributed by atoms with E-state index in [0.717, 1.165) is 6.42 Å². The van der Waals surface area contributed by atoms with Crippen LogP contribution in [-0.4, -0.2) is 35.7 Å². The largest absolute Gasteiger partial charge is 0.479 e. The summed E-state index contributed by atoms with van der Waals surface area (Å²) in [5.74, 6) is -0.971. The molecule has 1 aliphatic rings. The molecule has 0 aromatic carbocycles. The maximum Gasteiger partial charge on any atom is 0.332 e. The molecular weight excluding hydrogens is 174 g/mol. The molecule has 0 aromatic rings. The van der Waals surface area contributed by atoms with Crippen molar-refractivity contribution in [2.24, 2.45) is 0 Å². The number of carbonyl (C=O) groups is 2. The Morgan fingerprint density at radius 3 is 3.00 bits per heavy atom. The zero-order chi connectivity index (χ0) is 9.84. The quantitative estimate of drug-likeness (QED) is 0.636. The van der Waals surface area contributed by atoms with Crippen LogP contribution in [0, 0.1) is 0 Å². The van der Waals surface area contributed by atoms with Crippen molar-refractivity contribution in [3.63, 3.8) is 0 Å². The number of nitrogens with one attached hydrogen (secondary N) is 1. The van der Waals surface area contributed by atoms with Gasteiger partial charge in [-0.05, 0) is 13.3 Å². The lowest BCUT2D eigenvalue weighted by Crippen LogP contribution is -2.32. The first-order valence-electron chi connectivity index (χ1n) is 4.23. The van der Waals surface area contributed by atoms with Gasteiger partial charge in [0.15, 0.2) is 6.10 Å². The minimum absolute atomic E-state index is 0.0107. The Kier molecular flexibility index (Phi) is 3.25. The van der Waals surface area contributed by atoms with Crippen molar-refractivity contribution in [3.8, 4) is 0 Å². The van der Waals surface area contributed by atoms with Gasteiger partial charge in [-0.2, -0.15) is 0 Å². The second kappa shape index (κ2) is 4.23. The van der Waals surface area contributed by atoms with Crippen LogP contribution in [0.25, 0.3) is 0 Å². The van der Waals surface area contributed by atoms with Gasteiger partial charge in [0.2, 0.25) is 5.91 Å². The first kappa shape index (κ1) is 9.98. The highest BCUT2D eigenvalue weighted by atomic mass is 16.5. The monoisotopic (exact) mass is 187 g/mol. The third-order valence-corrected chi connectivity index (χ3v) is 1.98. The second-order valence-electron chi connectivity index (χ2n) is 3.12. The lowest BCUT2D eigenvalue weighted by atomic mass is 10.2.